The van der Waals surface area contributed by atoms with Crippen LogP contribution in [0.15, 0.2) is 30.4 Å². The van der Waals surface area contributed by atoms with Gasteiger partial charge in [0.05, 0.1) is 32.5 Å². The molecule has 0 saturated carbocycles. The van der Waals surface area contributed by atoms with Crippen molar-refractivity contribution >= 4 is 17.8 Å². The van der Waals surface area contributed by atoms with Crippen LogP contribution in [0.4, 0.5) is 0 Å². The molecule has 0 bridgehead atoms. The number of ether oxygens (including phenoxy) is 5. The van der Waals surface area contributed by atoms with Gasteiger partial charge < -0.3 is 44.3 Å². The Morgan fingerprint density at radius 2 is 1.97 bits per heavy atom. The number of nitrogens with one attached hydrogen (secondary N) is 1. The van der Waals surface area contributed by atoms with Crippen LogP contribution in [0.2, 0.25) is 0 Å². The smallest absolute Gasteiger partial charge is 0.341 e. The highest BCUT2D eigenvalue weighted by Gasteiger charge is 2.47. The van der Waals surface area contributed by atoms with Gasteiger partial charge in [-0.25, -0.2) is 9.59 Å². The average Bonchev–Trinajstić information content (AvgIpc) is 2.87. The van der Waals surface area contributed by atoms with Crippen molar-refractivity contribution in [1.29, 1.82) is 0 Å². The number of methoxy groups -OCH3 is 1. The van der Waals surface area contributed by atoms with Crippen LogP contribution in [0.3, 0.4) is 0 Å². The van der Waals surface area contributed by atoms with Crippen LogP contribution in [0.1, 0.15) is 29.8 Å². The van der Waals surface area contributed by atoms with E-state index in [2.05, 4.69) is 28.5 Å². The second-order valence-corrected chi connectivity index (χ2v) is 7.88. The van der Waals surface area contributed by atoms with Crippen molar-refractivity contribution in [2.24, 2.45) is 0 Å². The van der Waals surface area contributed by atoms with Crippen molar-refractivity contribution in [3.63, 3.8) is 0 Å². The summed E-state index contributed by atoms with van der Waals surface area (Å²) in [5.41, 5.74) is 0.332. The maximum absolute atomic E-state index is 11.9. The van der Waals surface area contributed by atoms with Gasteiger partial charge in [-0.2, -0.15) is 0 Å². The molecule has 1 aromatic rings. The first-order valence-electron chi connectivity index (χ1n) is 11.3. The van der Waals surface area contributed by atoms with Crippen molar-refractivity contribution in [2.45, 2.75) is 44.5 Å². The summed E-state index contributed by atoms with van der Waals surface area (Å²) in [7, 11) is 1.18. The van der Waals surface area contributed by atoms with E-state index < -0.39 is 55.1 Å². The fourth-order valence-corrected chi connectivity index (χ4v) is 3.44. The van der Waals surface area contributed by atoms with E-state index in [0.29, 0.717) is 5.56 Å². The highest BCUT2D eigenvalue weighted by atomic mass is 16.7. The van der Waals surface area contributed by atoms with E-state index >= 15 is 0 Å². The number of hydrogen-bond donors (Lipinski definition) is 4. The maximum Gasteiger partial charge on any atom is 0.341 e. The van der Waals surface area contributed by atoms with Crippen molar-refractivity contribution < 1.29 is 53.4 Å². The topological polar surface area (TPSA) is 170 Å². The number of phenols is 1. The molecule has 0 radical (unpaired) electrons. The zero-order chi connectivity index (χ0) is 27.5. The quantitative estimate of drug-likeness (QED) is 0.180. The number of rotatable bonds is 10. The normalized spacial score (nSPS) is 22.8. The van der Waals surface area contributed by atoms with Crippen LogP contribution < -0.4 is 5.32 Å². The Morgan fingerprint density at radius 3 is 2.59 bits per heavy atom. The zero-order valence-electron chi connectivity index (χ0n) is 20.8. The molecule has 37 heavy (non-hydrogen) atoms. The molecule has 2 rings (SSSR count). The lowest BCUT2D eigenvalue weighted by atomic mass is 9.96. The highest BCUT2D eigenvalue weighted by molar-refractivity contribution is 5.92. The number of aliphatic hydroxyl groups excluding tert-OH is 2. The van der Waals surface area contributed by atoms with Crippen LogP contribution in [-0.2, 0) is 33.3 Å². The molecule has 1 heterocycles. The fraction of sp³-hybridized carbons (Fsp3) is 0.480. The van der Waals surface area contributed by atoms with Gasteiger partial charge in [-0.05, 0) is 25.1 Å². The molecule has 4 N–H and O–H groups in total. The lowest BCUT2D eigenvalue weighted by Gasteiger charge is -2.43. The third-order valence-electron chi connectivity index (χ3n) is 5.19. The molecule has 0 aliphatic carbocycles. The van der Waals surface area contributed by atoms with Crippen molar-refractivity contribution in [2.75, 3.05) is 33.5 Å². The van der Waals surface area contributed by atoms with E-state index in [4.69, 9.17) is 18.9 Å². The largest absolute Gasteiger partial charge is 0.507 e. The fourth-order valence-electron chi connectivity index (χ4n) is 3.44. The van der Waals surface area contributed by atoms with Gasteiger partial charge in [0.15, 0.2) is 6.29 Å². The summed E-state index contributed by atoms with van der Waals surface area (Å²) in [6.45, 7) is 5.52. The van der Waals surface area contributed by atoms with Gasteiger partial charge in [-0.1, -0.05) is 18.4 Å². The van der Waals surface area contributed by atoms with Gasteiger partial charge in [0.25, 0.3) is 0 Å². The molecule has 0 spiro atoms. The molecule has 5 atom stereocenters. The summed E-state index contributed by atoms with van der Waals surface area (Å²) in [6.07, 6.45) is -4.83. The van der Waals surface area contributed by atoms with Crippen molar-refractivity contribution in [3.8, 4) is 17.6 Å². The SMILES string of the molecule is C=C(CO[C@@H]1[C@H](O)[C@@H](CO)O[C@@H](OCC#Cc2ccc(O)c(C(=O)OC)c2)[C@H]1NC(C)=O)C(=O)OCC. The standard InChI is InChI=1S/C25H31NO11/c1-5-34-23(31)14(2)13-36-22-20(26-15(3)28)25(37-19(12-27)21(22)30)35-10-6-7-16-8-9-18(29)17(11-16)24(32)33-4/h8-9,11,19-22,25,27,29-30H,2,5,10,12-13H2,1,3-4H3,(H,26,28)/t19-,20+,21-,22+,25-/m1/s1. The summed E-state index contributed by atoms with van der Waals surface area (Å²) < 4.78 is 26.5. The zero-order valence-corrected chi connectivity index (χ0v) is 20.8. The van der Waals surface area contributed by atoms with Gasteiger partial charge in [-0.3, -0.25) is 4.79 Å². The first-order valence-corrected chi connectivity index (χ1v) is 11.3. The Morgan fingerprint density at radius 1 is 1.24 bits per heavy atom. The third kappa shape index (κ3) is 8.28. The van der Waals surface area contributed by atoms with Crippen molar-refractivity contribution in [3.05, 3.63) is 41.5 Å². The van der Waals surface area contributed by atoms with E-state index in [1.807, 2.05) is 0 Å². The third-order valence-corrected chi connectivity index (χ3v) is 5.19. The van der Waals surface area contributed by atoms with E-state index in [9.17, 15) is 29.7 Å². The lowest BCUT2D eigenvalue weighted by molar-refractivity contribution is -0.272. The second-order valence-electron chi connectivity index (χ2n) is 7.88. The molecule has 0 aromatic heterocycles. The van der Waals surface area contributed by atoms with Crippen LogP contribution >= 0.6 is 0 Å². The number of phenolic OH excluding ortho intramolecular Hbond substituents is 1. The summed E-state index contributed by atoms with van der Waals surface area (Å²) in [4.78, 5) is 35.4. The molecular weight excluding hydrogens is 490 g/mol. The summed E-state index contributed by atoms with van der Waals surface area (Å²) >= 11 is 0. The number of benzene rings is 1. The van der Waals surface area contributed by atoms with Gasteiger partial charge in [-0.15, -0.1) is 0 Å². The van der Waals surface area contributed by atoms with Crippen LogP contribution in [0.25, 0.3) is 0 Å². The molecule has 0 unspecified atom stereocenters. The van der Waals surface area contributed by atoms with Crippen molar-refractivity contribution in [1.82, 2.24) is 5.32 Å². The van der Waals surface area contributed by atoms with Crippen LogP contribution in [0, 0.1) is 11.8 Å². The number of hydrogen-bond acceptors (Lipinski definition) is 11. The van der Waals surface area contributed by atoms with Gasteiger partial charge >= 0.3 is 11.9 Å². The molecule has 1 aliphatic heterocycles. The Balaban J connectivity index is 2.17. The van der Waals surface area contributed by atoms with Crippen LogP contribution in [0.5, 0.6) is 5.75 Å². The number of aromatic hydroxyl groups is 1. The molecule has 202 valence electrons. The molecule has 12 heteroatoms. The van der Waals surface area contributed by atoms with Gasteiger partial charge in [0.1, 0.15) is 42.3 Å². The molecule has 1 fully saturated rings. The minimum Gasteiger partial charge on any atom is -0.507 e. The van der Waals surface area contributed by atoms with Gasteiger partial charge in [0, 0.05) is 12.5 Å². The molecule has 1 saturated heterocycles. The number of amides is 1. The average molecular weight is 522 g/mol. The minimum absolute atomic E-state index is 0.00813. The lowest BCUT2D eigenvalue weighted by Crippen LogP contribution is -2.65. The Labute approximate surface area is 214 Å². The Kier molecular flexibility index (Phi) is 11.5. The van der Waals surface area contributed by atoms with E-state index in [0.717, 1.165) is 0 Å². The van der Waals surface area contributed by atoms with E-state index in [-0.39, 0.29) is 36.7 Å². The van der Waals surface area contributed by atoms with E-state index in [1.54, 1.807) is 6.92 Å². The van der Waals surface area contributed by atoms with Crippen LogP contribution in [-0.4, -0.2) is 97.3 Å². The first kappa shape index (κ1) is 29.8. The summed E-state index contributed by atoms with van der Waals surface area (Å²) in [5, 5.41) is 32.7. The Bertz CT molecular complexity index is 1040. The minimum atomic E-state index is -1.38. The predicted octanol–water partition coefficient (Wildman–Crippen LogP) is -0.366. The molecule has 1 amide bonds. The second kappa shape index (κ2) is 14.3. The number of esters is 2. The molecular formula is C25H31NO11. The maximum atomic E-state index is 11.9. The number of carbonyl (C=O) groups excluding carboxylic acids is 3. The summed E-state index contributed by atoms with van der Waals surface area (Å²) in [5.74, 6) is 3.36. The Hall–Kier alpha value is -3.47. The molecule has 12 nitrogen and oxygen atoms in total. The number of carbonyl (C=O) groups is 3. The molecule has 1 aliphatic rings. The predicted molar refractivity (Wildman–Crippen MR) is 127 cm³/mol. The summed E-state index contributed by atoms with van der Waals surface area (Å²) in [6, 6.07) is 3.11. The first-order chi connectivity index (χ1) is 17.6. The number of aliphatic hydroxyl groups is 2. The molecule has 1 aromatic carbocycles. The monoisotopic (exact) mass is 521 g/mol. The highest BCUT2D eigenvalue weighted by Crippen LogP contribution is 2.25. The van der Waals surface area contributed by atoms with E-state index in [1.165, 1.54) is 32.2 Å². The van der Waals surface area contributed by atoms with Gasteiger partial charge in [0.2, 0.25) is 5.91 Å².